The summed E-state index contributed by atoms with van der Waals surface area (Å²) in [4.78, 5) is 15.0. The van der Waals surface area contributed by atoms with Crippen molar-refractivity contribution in [2.45, 2.75) is 19.1 Å². The summed E-state index contributed by atoms with van der Waals surface area (Å²) in [5, 5.41) is 8.42. The van der Waals surface area contributed by atoms with Gasteiger partial charge in [-0.1, -0.05) is 0 Å². The number of nitrogens with two attached hydrogens (primary N) is 1. The van der Waals surface area contributed by atoms with Crippen LogP contribution in [0.1, 0.15) is 20.9 Å². The van der Waals surface area contributed by atoms with E-state index in [0.717, 1.165) is 16.6 Å². The maximum Gasteiger partial charge on any atom is 0.266 e. The third kappa shape index (κ3) is 2.24. The van der Waals surface area contributed by atoms with Gasteiger partial charge in [-0.15, -0.1) is 16.4 Å². The molecule has 1 fully saturated rings. The summed E-state index contributed by atoms with van der Waals surface area (Å²) in [6.45, 7) is 4.17. The fourth-order valence-electron chi connectivity index (χ4n) is 2.42. The van der Waals surface area contributed by atoms with E-state index in [-0.39, 0.29) is 19.0 Å². The first kappa shape index (κ1) is 15.2. The van der Waals surface area contributed by atoms with Gasteiger partial charge in [0.1, 0.15) is 9.71 Å². The second-order valence-corrected chi connectivity index (χ2v) is 8.92. The molecule has 1 saturated heterocycles. The molecule has 0 unspecified atom stereocenters. The van der Waals surface area contributed by atoms with E-state index in [9.17, 15) is 13.2 Å². The molecule has 2 N–H and O–H groups in total. The minimum absolute atomic E-state index is 0.217. The minimum Gasteiger partial charge on any atom is -0.397 e. The smallest absolute Gasteiger partial charge is 0.266 e. The topological polar surface area (TPSA) is 106 Å². The summed E-state index contributed by atoms with van der Waals surface area (Å²) >= 11 is 1.20. The van der Waals surface area contributed by atoms with E-state index in [4.69, 9.17) is 5.73 Å². The summed E-state index contributed by atoms with van der Waals surface area (Å²) in [6, 6.07) is 0. The van der Waals surface area contributed by atoms with Gasteiger partial charge in [-0.25, -0.2) is 8.42 Å². The monoisotopic (exact) mass is 340 g/mol. The highest BCUT2D eigenvalue weighted by Crippen LogP contribution is 2.36. The molecule has 0 spiro atoms. The third-order valence-corrected chi connectivity index (χ3v) is 6.66. The fraction of sp³-hybridized carbons (Fsp3) is 0.462. The van der Waals surface area contributed by atoms with E-state index in [2.05, 4.69) is 10.2 Å². The number of aromatic nitrogens is 2. The van der Waals surface area contributed by atoms with Gasteiger partial charge >= 0.3 is 0 Å². The molecule has 0 radical (unpaired) electrons. The molecule has 0 aromatic carbocycles. The number of nitrogen functional groups attached to an aromatic ring is 1. The Balaban J connectivity index is 1.94. The molecular weight excluding hydrogens is 324 g/mol. The lowest BCUT2D eigenvalue weighted by Crippen LogP contribution is -2.56. The van der Waals surface area contributed by atoms with Gasteiger partial charge in [0.05, 0.1) is 16.6 Å². The molecule has 7 nitrogen and oxygen atoms in total. The van der Waals surface area contributed by atoms with Gasteiger partial charge < -0.3 is 10.6 Å². The predicted octanol–water partition coefficient (Wildman–Crippen LogP) is 0.759. The molecule has 0 bridgehead atoms. The van der Waals surface area contributed by atoms with Gasteiger partial charge in [-0.3, -0.25) is 4.79 Å². The van der Waals surface area contributed by atoms with E-state index in [1.807, 2.05) is 13.8 Å². The Kier molecular flexibility index (Phi) is 3.37. The summed E-state index contributed by atoms with van der Waals surface area (Å²) in [5.74, 6) is -0.238. The van der Waals surface area contributed by atoms with Gasteiger partial charge in [-0.05, 0) is 19.4 Å². The number of sulfone groups is 1. The summed E-state index contributed by atoms with van der Waals surface area (Å²) in [7, 11) is -3.11. The van der Waals surface area contributed by atoms with E-state index >= 15 is 0 Å². The maximum atomic E-state index is 12.5. The highest BCUT2D eigenvalue weighted by atomic mass is 32.2. The van der Waals surface area contributed by atoms with Crippen LogP contribution in [0.15, 0.2) is 0 Å². The number of anilines is 1. The molecule has 2 aromatic rings. The number of carbonyl (C=O) groups excluding carboxylic acids is 1. The van der Waals surface area contributed by atoms with Crippen LogP contribution in [0.3, 0.4) is 0 Å². The lowest BCUT2D eigenvalue weighted by atomic mass is 10.1. The van der Waals surface area contributed by atoms with Crippen LogP contribution in [-0.4, -0.2) is 54.0 Å². The third-order valence-electron chi connectivity index (χ3n) is 4.07. The Morgan fingerprint density at radius 3 is 2.55 bits per heavy atom. The molecule has 0 atom stereocenters. The van der Waals surface area contributed by atoms with Crippen molar-refractivity contribution in [3.05, 3.63) is 16.1 Å². The number of hydrogen-bond donors (Lipinski definition) is 1. The van der Waals surface area contributed by atoms with Crippen LogP contribution in [-0.2, 0) is 9.84 Å². The highest BCUT2D eigenvalue weighted by molar-refractivity contribution is 7.91. The van der Waals surface area contributed by atoms with E-state index in [1.54, 1.807) is 0 Å². The zero-order valence-corrected chi connectivity index (χ0v) is 14.1. The number of carbonyl (C=O) groups is 1. The maximum absolute atomic E-state index is 12.5. The Morgan fingerprint density at radius 1 is 1.32 bits per heavy atom. The molecule has 118 valence electrons. The number of aryl methyl sites for hydroxylation is 2. The lowest BCUT2D eigenvalue weighted by Gasteiger charge is -2.37. The van der Waals surface area contributed by atoms with Crippen molar-refractivity contribution in [1.29, 1.82) is 0 Å². The highest BCUT2D eigenvalue weighted by Gasteiger charge is 2.38. The van der Waals surface area contributed by atoms with Crippen molar-refractivity contribution in [3.8, 4) is 0 Å². The molecule has 0 saturated carbocycles. The molecule has 3 rings (SSSR count). The van der Waals surface area contributed by atoms with Crippen molar-refractivity contribution in [1.82, 2.24) is 15.1 Å². The molecule has 22 heavy (non-hydrogen) atoms. The Hall–Kier alpha value is -1.74. The van der Waals surface area contributed by atoms with Crippen LogP contribution in [0.5, 0.6) is 0 Å². The molecule has 1 aliphatic heterocycles. The molecule has 2 aromatic heterocycles. The first-order chi connectivity index (χ1) is 10.2. The number of thiophene rings is 1. The van der Waals surface area contributed by atoms with Gasteiger partial charge in [-0.2, -0.15) is 5.10 Å². The zero-order chi connectivity index (χ0) is 16.2. The number of hydrogen-bond acceptors (Lipinski definition) is 7. The second kappa shape index (κ2) is 4.88. The predicted molar refractivity (Wildman–Crippen MR) is 85.8 cm³/mol. The number of amides is 1. The zero-order valence-electron chi connectivity index (χ0n) is 12.5. The van der Waals surface area contributed by atoms with Crippen molar-refractivity contribution in [2.24, 2.45) is 0 Å². The summed E-state index contributed by atoms with van der Waals surface area (Å²) in [6.07, 6.45) is 1.19. The Labute approximate surface area is 132 Å². The van der Waals surface area contributed by atoms with E-state index < -0.39 is 15.1 Å². The van der Waals surface area contributed by atoms with E-state index in [0.29, 0.717) is 15.4 Å². The standard InChI is InChI=1S/C13H16N4O3S2/c1-6-7(2)15-16-12-9(6)10(14)11(21-12)13(18)17-4-8(5-17)22(3,19)20/h8H,4-5,14H2,1-3H3. The molecule has 3 heterocycles. The van der Waals surface area contributed by atoms with Crippen molar-refractivity contribution < 1.29 is 13.2 Å². The Morgan fingerprint density at radius 2 is 1.95 bits per heavy atom. The van der Waals surface area contributed by atoms with Crippen molar-refractivity contribution >= 4 is 43.0 Å². The quantitative estimate of drug-likeness (QED) is 0.865. The molecule has 0 aliphatic carbocycles. The van der Waals surface area contributed by atoms with Crippen LogP contribution in [0.4, 0.5) is 5.69 Å². The number of nitrogens with zero attached hydrogens (tertiary/aromatic N) is 3. The largest absolute Gasteiger partial charge is 0.397 e. The number of rotatable bonds is 2. The fourth-order valence-corrected chi connectivity index (χ4v) is 4.39. The molecule has 1 amide bonds. The van der Waals surface area contributed by atoms with E-state index in [1.165, 1.54) is 22.5 Å². The molecule has 1 aliphatic rings. The number of fused-ring (bicyclic) bond motifs is 1. The average Bonchev–Trinajstić information content (AvgIpc) is 2.68. The first-order valence-electron chi connectivity index (χ1n) is 6.70. The van der Waals surface area contributed by atoms with Crippen LogP contribution in [0, 0.1) is 13.8 Å². The van der Waals surface area contributed by atoms with Crippen LogP contribution in [0.2, 0.25) is 0 Å². The SMILES string of the molecule is Cc1nnc2sc(C(=O)N3CC(S(C)(=O)=O)C3)c(N)c2c1C. The molecule has 9 heteroatoms. The Bertz CT molecular complexity index is 882. The van der Waals surface area contributed by atoms with Gasteiger partial charge in [0.25, 0.3) is 5.91 Å². The van der Waals surface area contributed by atoms with Crippen LogP contribution >= 0.6 is 11.3 Å². The van der Waals surface area contributed by atoms with Crippen LogP contribution < -0.4 is 5.73 Å². The van der Waals surface area contributed by atoms with Gasteiger partial charge in [0.2, 0.25) is 0 Å². The lowest BCUT2D eigenvalue weighted by molar-refractivity contribution is 0.0665. The normalized spacial score (nSPS) is 16.0. The van der Waals surface area contributed by atoms with Gasteiger partial charge in [0, 0.05) is 24.7 Å². The summed E-state index contributed by atoms with van der Waals surface area (Å²) in [5.41, 5.74) is 8.22. The molecular formula is C13H16N4O3S2. The average molecular weight is 340 g/mol. The second-order valence-electron chi connectivity index (χ2n) is 5.60. The summed E-state index contributed by atoms with van der Waals surface area (Å²) < 4.78 is 22.9. The van der Waals surface area contributed by atoms with Crippen LogP contribution in [0.25, 0.3) is 10.2 Å². The number of likely N-dealkylation sites (tertiary alicyclic amines) is 1. The minimum atomic E-state index is -3.11. The van der Waals surface area contributed by atoms with Crippen molar-refractivity contribution in [2.75, 3.05) is 25.1 Å². The first-order valence-corrected chi connectivity index (χ1v) is 9.47. The van der Waals surface area contributed by atoms with Gasteiger partial charge in [0.15, 0.2) is 9.84 Å². The van der Waals surface area contributed by atoms with Crippen molar-refractivity contribution in [3.63, 3.8) is 0 Å².